The number of aliphatic hydroxyl groups excluding tert-OH is 1. The van der Waals surface area contributed by atoms with E-state index in [9.17, 15) is 5.11 Å². The minimum Gasteiger partial charge on any atom is -0.392 e. The molecule has 144 valence electrons. The number of nitrogens with one attached hydrogen (secondary N) is 1. The Hall–Kier alpha value is -0.160. The first-order valence-corrected chi connectivity index (χ1v) is 11.0. The molecule has 0 aromatic heterocycles. The molecule has 25 heavy (non-hydrogen) atoms. The van der Waals surface area contributed by atoms with E-state index in [0.29, 0.717) is 12.1 Å². The van der Waals surface area contributed by atoms with Crippen molar-refractivity contribution < 1.29 is 9.84 Å². The van der Waals surface area contributed by atoms with Crippen molar-refractivity contribution in [2.75, 3.05) is 26.3 Å². The van der Waals surface area contributed by atoms with Crippen molar-refractivity contribution >= 4 is 0 Å². The summed E-state index contributed by atoms with van der Waals surface area (Å²) in [5.74, 6) is 1.72. The summed E-state index contributed by atoms with van der Waals surface area (Å²) in [6, 6.07) is 1.81. The van der Waals surface area contributed by atoms with E-state index in [4.69, 9.17) is 4.74 Å². The van der Waals surface area contributed by atoms with Gasteiger partial charge in [0.25, 0.3) is 0 Å². The molecule has 2 N–H and O–H groups in total. The van der Waals surface area contributed by atoms with Gasteiger partial charge in [-0.05, 0) is 95.6 Å². The highest BCUT2D eigenvalue weighted by Gasteiger charge is 2.32. The third kappa shape index (κ3) is 5.18. The highest BCUT2D eigenvalue weighted by molar-refractivity contribution is 4.89. The number of hydrogen-bond acceptors (Lipinski definition) is 4. The second kappa shape index (κ2) is 8.69. The number of nitrogens with zero attached hydrogens (tertiary/aromatic N) is 1. The van der Waals surface area contributed by atoms with Gasteiger partial charge >= 0.3 is 0 Å². The van der Waals surface area contributed by atoms with Gasteiger partial charge in [0.15, 0.2) is 0 Å². The summed E-state index contributed by atoms with van der Waals surface area (Å²) in [5, 5.41) is 13.8. The lowest BCUT2D eigenvalue weighted by Gasteiger charge is -2.41. The number of ether oxygens (including phenoxy) is 1. The van der Waals surface area contributed by atoms with Gasteiger partial charge in [-0.1, -0.05) is 0 Å². The number of likely N-dealkylation sites (tertiary alicyclic amines) is 1. The molecule has 0 amide bonds. The van der Waals surface area contributed by atoms with E-state index in [-0.39, 0.29) is 6.10 Å². The summed E-state index contributed by atoms with van der Waals surface area (Å²) < 4.78 is 5.92. The van der Waals surface area contributed by atoms with Crippen LogP contribution in [0.1, 0.15) is 70.6 Å². The smallest absolute Gasteiger partial charge is 0.0693 e. The molecule has 1 aliphatic heterocycles. The SMILES string of the molecule is OC1CCCC1NC1CCN(C2CCC(COCC3CC3)CC2)CC1. The van der Waals surface area contributed by atoms with Crippen LogP contribution in [0.15, 0.2) is 0 Å². The number of aliphatic hydroxyl groups is 1. The molecular formula is C21H38N2O2. The molecule has 4 nitrogen and oxygen atoms in total. The minimum atomic E-state index is -0.101. The van der Waals surface area contributed by atoms with Crippen molar-refractivity contribution in [2.24, 2.45) is 11.8 Å². The van der Waals surface area contributed by atoms with E-state index >= 15 is 0 Å². The zero-order valence-corrected chi connectivity index (χ0v) is 15.9. The van der Waals surface area contributed by atoms with Crippen LogP contribution in [0.5, 0.6) is 0 Å². The first-order chi connectivity index (χ1) is 12.3. The fraction of sp³-hybridized carbons (Fsp3) is 1.00. The molecule has 4 rings (SSSR count). The predicted octanol–water partition coefficient (Wildman–Crippen LogP) is 2.94. The molecule has 1 saturated heterocycles. The van der Waals surface area contributed by atoms with Crippen molar-refractivity contribution in [2.45, 2.75) is 94.9 Å². The zero-order chi connectivity index (χ0) is 17.1. The molecule has 0 bridgehead atoms. The maximum Gasteiger partial charge on any atom is 0.0693 e. The van der Waals surface area contributed by atoms with Gasteiger partial charge in [-0.15, -0.1) is 0 Å². The van der Waals surface area contributed by atoms with Gasteiger partial charge in [-0.2, -0.15) is 0 Å². The normalized spacial score (nSPS) is 38.3. The Morgan fingerprint density at radius 1 is 0.800 bits per heavy atom. The Morgan fingerprint density at radius 3 is 2.00 bits per heavy atom. The van der Waals surface area contributed by atoms with Gasteiger partial charge < -0.3 is 20.1 Å². The predicted molar refractivity (Wildman–Crippen MR) is 101 cm³/mol. The maximum atomic E-state index is 10.0. The standard InChI is InChI=1S/C21H38N2O2/c24-21-3-1-2-20(21)22-18-10-12-23(13-11-18)19-8-6-17(7-9-19)15-25-14-16-4-5-16/h16-22,24H,1-15H2. The molecular weight excluding hydrogens is 312 g/mol. The molecule has 2 unspecified atom stereocenters. The van der Waals surface area contributed by atoms with Crippen LogP contribution in [0, 0.1) is 11.8 Å². The molecule has 0 aromatic rings. The molecule has 0 aromatic carbocycles. The summed E-state index contributed by atoms with van der Waals surface area (Å²) in [4.78, 5) is 2.75. The van der Waals surface area contributed by atoms with Gasteiger partial charge in [-0.25, -0.2) is 0 Å². The molecule has 4 fully saturated rings. The van der Waals surface area contributed by atoms with Gasteiger partial charge in [0.1, 0.15) is 0 Å². The van der Waals surface area contributed by atoms with Crippen LogP contribution in [0.25, 0.3) is 0 Å². The quantitative estimate of drug-likeness (QED) is 0.741. The zero-order valence-electron chi connectivity index (χ0n) is 15.9. The third-order valence-electron chi connectivity index (χ3n) is 7.20. The highest BCUT2D eigenvalue weighted by atomic mass is 16.5. The average molecular weight is 351 g/mol. The Balaban J connectivity index is 1.11. The molecule has 0 radical (unpaired) electrons. The molecule has 3 saturated carbocycles. The van der Waals surface area contributed by atoms with Gasteiger partial charge in [0.05, 0.1) is 6.10 Å². The molecule has 4 aliphatic rings. The summed E-state index contributed by atoms with van der Waals surface area (Å²) in [6.45, 7) is 4.52. The van der Waals surface area contributed by atoms with Crippen LogP contribution in [0.3, 0.4) is 0 Å². The molecule has 4 heteroatoms. The molecule has 2 atom stereocenters. The fourth-order valence-corrected chi connectivity index (χ4v) is 5.23. The summed E-state index contributed by atoms with van der Waals surface area (Å²) in [7, 11) is 0. The van der Waals surface area contributed by atoms with Crippen LogP contribution in [0.4, 0.5) is 0 Å². The Bertz CT molecular complexity index is 399. The van der Waals surface area contributed by atoms with Crippen molar-refractivity contribution in [1.29, 1.82) is 0 Å². The van der Waals surface area contributed by atoms with Gasteiger partial charge in [-0.3, -0.25) is 0 Å². The van der Waals surface area contributed by atoms with Crippen molar-refractivity contribution in [3.63, 3.8) is 0 Å². The van der Waals surface area contributed by atoms with E-state index < -0.39 is 0 Å². The molecule has 1 heterocycles. The Kier molecular flexibility index (Phi) is 6.33. The van der Waals surface area contributed by atoms with E-state index in [1.165, 1.54) is 70.9 Å². The summed E-state index contributed by atoms with van der Waals surface area (Å²) in [6.07, 6.45) is 14.0. The Morgan fingerprint density at radius 2 is 1.44 bits per heavy atom. The second-order valence-electron chi connectivity index (χ2n) is 9.24. The van der Waals surface area contributed by atoms with E-state index in [2.05, 4.69) is 10.2 Å². The largest absolute Gasteiger partial charge is 0.392 e. The number of hydrogen-bond donors (Lipinski definition) is 2. The summed E-state index contributed by atoms with van der Waals surface area (Å²) in [5.41, 5.74) is 0. The molecule has 3 aliphatic carbocycles. The first kappa shape index (κ1) is 18.2. The van der Waals surface area contributed by atoms with Crippen LogP contribution in [0.2, 0.25) is 0 Å². The van der Waals surface area contributed by atoms with E-state index in [1.54, 1.807) is 0 Å². The number of piperidine rings is 1. The van der Waals surface area contributed by atoms with Crippen LogP contribution < -0.4 is 5.32 Å². The van der Waals surface area contributed by atoms with Crippen LogP contribution in [-0.4, -0.2) is 60.5 Å². The van der Waals surface area contributed by atoms with E-state index in [0.717, 1.165) is 43.9 Å². The lowest BCUT2D eigenvalue weighted by atomic mass is 9.85. The van der Waals surface area contributed by atoms with Crippen LogP contribution >= 0.6 is 0 Å². The van der Waals surface area contributed by atoms with Crippen molar-refractivity contribution in [3.8, 4) is 0 Å². The molecule has 0 spiro atoms. The topological polar surface area (TPSA) is 44.7 Å². The maximum absolute atomic E-state index is 10.0. The lowest BCUT2D eigenvalue weighted by Crippen LogP contribution is -2.51. The second-order valence-corrected chi connectivity index (χ2v) is 9.24. The first-order valence-electron chi connectivity index (χ1n) is 11.0. The van der Waals surface area contributed by atoms with Gasteiger partial charge in [0, 0.05) is 31.3 Å². The lowest BCUT2D eigenvalue weighted by molar-refractivity contribution is 0.0496. The fourth-order valence-electron chi connectivity index (χ4n) is 5.23. The third-order valence-corrected chi connectivity index (χ3v) is 7.20. The van der Waals surface area contributed by atoms with Crippen molar-refractivity contribution in [3.05, 3.63) is 0 Å². The minimum absolute atomic E-state index is 0.101. The highest BCUT2D eigenvalue weighted by Crippen LogP contribution is 2.32. The van der Waals surface area contributed by atoms with Gasteiger partial charge in [0.2, 0.25) is 0 Å². The Labute approximate surface area is 153 Å². The van der Waals surface area contributed by atoms with Crippen molar-refractivity contribution in [1.82, 2.24) is 10.2 Å². The summed E-state index contributed by atoms with van der Waals surface area (Å²) >= 11 is 0. The number of rotatable bonds is 7. The van der Waals surface area contributed by atoms with E-state index in [1.807, 2.05) is 0 Å². The van der Waals surface area contributed by atoms with Crippen LogP contribution in [-0.2, 0) is 4.74 Å². The monoisotopic (exact) mass is 350 g/mol. The average Bonchev–Trinajstić information content (AvgIpc) is 3.38.